The molecular formula is C12H17N5O. The Hall–Kier alpha value is -1.69. The van der Waals surface area contributed by atoms with E-state index in [-0.39, 0.29) is 6.10 Å². The molecule has 6 nitrogen and oxygen atoms in total. The Morgan fingerprint density at radius 3 is 3.00 bits per heavy atom. The van der Waals surface area contributed by atoms with Crippen LogP contribution in [0.15, 0.2) is 12.4 Å². The molecule has 1 aliphatic rings. The third-order valence-corrected chi connectivity index (χ3v) is 3.69. The Morgan fingerprint density at radius 1 is 1.44 bits per heavy atom. The number of fused-ring (bicyclic) bond motifs is 1. The van der Waals surface area contributed by atoms with Crippen LogP contribution in [0, 0.1) is 12.8 Å². The molecule has 2 aromatic rings. The van der Waals surface area contributed by atoms with Crippen LogP contribution in [0.1, 0.15) is 19.2 Å². The summed E-state index contributed by atoms with van der Waals surface area (Å²) in [6.07, 6.45) is 4.37. The fourth-order valence-corrected chi connectivity index (χ4v) is 2.53. The van der Waals surface area contributed by atoms with Crippen LogP contribution in [0.5, 0.6) is 0 Å². The molecule has 0 spiro atoms. The van der Waals surface area contributed by atoms with Crippen molar-refractivity contribution in [3.63, 3.8) is 0 Å². The summed E-state index contributed by atoms with van der Waals surface area (Å²) in [4.78, 5) is 6.60. The molecule has 1 saturated heterocycles. The van der Waals surface area contributed by atoms with E-state index in [1.165, 1.54) is 0 Å². The van der Waals surface area contributed by atoms with Crippen LogP contribution in [-0.2, 0) is 0 Å². The molecule has 2 aromatic heterocycles. The van der Waals surface area contributed by atoms with E-state index in [2.05, 4.69) is 20.1 Å². The van der Waals surface area contributed by atoms with Crippen molar-refractivity contribution in [1.29, 1.82) is 0 Å². The fraction of sp³-hybridized carbons (Fsp3) is 0.583. The molecular weight excluding hydrogens is 230 g/mol. The number of aryl methyl sites for hydroxylation is 1. The Morgan fingerprint density at radius 2 is 2.28 bits per heavy atom. The van der Waals surface area contributed by atoms with E-state index in [4.69, 9.17) is 0 Å². The summed E-state index contributed by atoms with van der Waals surface area (Å²) in [5.74, 6) is 2.04. The van der Waals surface area contributed by atoms with E-state index in [0.717, 1.165) is 36.8 Å². The molecule has 2 atom stereocenters. The van der Waals surface area contributed by atoms with Crippen molar-refractivity contribution in [2.75, 3.05) is 18.0 Å². The van der Waals surface area contributed by atoms with Gasteiger partial charge in [0.05, 0.1) is 6.10 Å². The molecule has 3 heterocycles. The number of aliphatic hydroxyl groups excluding tert-OH is 1. The van der Waals surface area contributed by atoms with Crippen LogP contribution in [0.3, 0.4) is 0 Å². The number of aliphatic hydroxyl groups is 1. The monoisotopic (exact) mass is 247 g/mol. The predicted octanol–water partition coefficient (Wildman–Crippen LogP) is 0.640. The first kappa shape index (κ1) is 11.4. The Labute approximate surface area is 105 Å². The zero-order chi connectivity index (χ0) is 12.7. The second-order valence-corrected chi connectivity index (χ2v) is 4.93. The molecule has 2 unspecified atom stereocenters. The maximum Gasteiger partial charge on any atom is 0.203 e. The van der Waals surface area contributed by atoms with Crippen molar-refractivity contribution < 1.29 is 5.11 Å². The summed E-state index contributed by atoms with van der Waals surface area (Å²) in [6, 6.07) is 0. The van der Waals surface area contributed by atoms with Gasteiger partial charge in [0.15, 0.2) is 5.82 Å². The van der Waals surface area contributed by atoms with E-state index in [1.807, 2.05) is 24.4 Å². The van der Waals surface area contributed by atoms with E-state index in [1.54, 1.807) is 6.20 Å². The summed E-state index contributed by atoms with van der Waals surface area (Å²) in [7, 11) is 0. The second-order valence-electron chi connectivity index (χ2n) is 4.93. The smallest absolute Gasteiger partial charge is 0.203 e. The normalized spacial score (nSPS) is 21.7. The fourth-order valence-electron chi connectivity index (χ4n) is 2.53. The third kappa shape index (κ3) is 1.73. The summed E-state index contributed by atoms with van der Waals surface area (Å²) in [5.41, 5.74) is 0.793. The summed E-state index contributed by atoms with van der Waals surface area (Å²) < 4.78 is 1.94. The zero-order valence-corrected chi connectivity index (χ0v) is 10.6. The largest absolute Gasteiger partial charge is 0.393 e. The van der Waals surface area contributed by atoms with Crippen LogP contribution in [0.4, 0.5) is 5.82 Å². The molecule has 1 aliphatic heterocycles. The highest BCUT2D eigenvalue weighted by Gasteiger charge is 2.28. The van der Waals surface area contributed by atoms with Crippen LogP contribution in [0.25, 0.3) is 5.65 Å². The van der Waals surface area contributed by atoms with Gasteiger partial charge in [0, 0.05) is 31.4 Å². The van der Waals surface area contributed by atoms with E-state index in [9.17, 15) is 5.11 Å². The molecule has 18 heavy (non-hydrogen) atoms. The maximum atomic E-state index is 9.65. The van der Waals surface area contributed by atoms with E-state index < -0.39 is 0 Å². The van der Waals surface area contributed by atoms with Crippen LogP contribution in [-0.4, -0.2) is 43.9 Å². The number of nitrogens with zero attached hydrogens (tertiary/aromatic N) is 5. The van der Waals surface area contributed by atoms with Gasteiger partial charge in [-0.2, -0.15) is 0 Å². The lowest BCUT2D eigenvalue weighted by Gasteiger charge is -2.18. The van der Waals surface area contributed by atoms with Gasteiger partial charge >= 0.3 is 0 Å². The highest BCUT2D eigenvalue weighted by atomic mass is 16.3. The van der Waals surface area contributed by atoms with Crippen molar-refractivity contribution in [2.24, 2.45) is 5.92 Å². The van der Waals surface area contributed by atoms with Gasteiger partial charge in [-0.25, -0.2) is 4.98 Å². The lowest BCUT2D eigenvalue weighted by atomic mass is 10.0. The molecule has 3 rings (SSSR count). The third-order valence-electron chi connectivity index (χ3n) is 3.69. The van der Waals surface area contributed by atoms with Crippen molar-refractivity contribution in [2.45, 2.75) is 26.4 Å². The van der Waals surface area contributed by atoms with Crippen molar-refractivity contribution in [3.05, 3.63) is 18.2 Å². The van der Waals surface area contributed by atoms with Gasteiger partial charge in [-0.15, -0.1) is 10.2 Å². The van der Waals surface area contributed by atoms with Gasteiger partial charge in [-0.05, 0) is 20.3 Å². The average molecular weight is 247 g/mol. The van der Waals surface area contributed by atoms with Gasteiger partial charge in [-0.3, -0.25) is 4.40 Å². The first-order valence-electron chi connectivity index (χ1n) is 6.26. The average Bonchev–Trinajstić information content (AvgIpc) is 2.97. The molecule has 6 heteroatoms. The topological polar surface area (TPSA) is 66.5 Å². The molecule has 96 valence electrons. The van der Waals surface area contributed by atoms with Gasteiger partial charge < -0.3 is 10.0 Å². The highest BCUT2D eigenvalue weighted by molar-refractivity contribution is 5.64. The van der Waals surface area contributed by atoms with Crippen molar-refractivity contribution >= 4 is 11.5 Å². The molecule has 1 fully saturated rings. The maximum absolute atomic E-state index is 9.65. The number of hydrogen-bond donors (Lipinski definition) is 1. The van der Waals surface area contributed by atoms with Gasteiger partial charge in [0.2, 0.25) is 5.65 Å². The Bertz CT molecular complexity index is 565. The van der Waals surface area contributed by atoms with Gasteiger partial charge in [0.25, 0.3) is 0 Å². The minimum absolute atomic E-state index is 0.269. The number of anilines is 1. The molecule has 0 aromatic carbocycles. The Balaban J connectivity index is 1.96. The molecule has 0 radical (unpaired) electrons. The first-order chi connectivity index (χ1) is 8.66. The quantitative estimate of drug-likeness (QED) is 0.843. The first-order valence-corrected chi connectivity index (χ1v) is 6.26. The zero-order valence-electron chi connectivity index (χ0n) is 10.6. The molecule has 1 N–H and O–H groups in total. The summed E-state index contributed by atoms with van der Waals surface area (Å²) in [6.45, 7) is 5.51. The molecule has 0 aliphatic carbocycles. The van der Waals surface area contributed by atoms with Gasteiger partial charge in [-0.1, -0.05) is 0 Å². The lowest BCUT2D eigenvalue weighted by Crippen LogP contribution is -2.25. The summed E-state index contributed by atoms with van der Waals surface area (Å²) >= 11 is 0. The van der Waals surface area contributed by atoms with E-state index in [0.29, 0.717) is 5.92 Å². The predicted molar refractivity (Wildman–Crippen MR) is 67.5 cm³/mol. The molecule has 0 bridgehead atoms. The van der Waals surface area contributed by atoms with Gasteiger partial charge in [0.1, 0.15) is 5.82 Å². The second kappa shape index (κ2) is 4.20. The Kier molecular flexibility index (Phi) is 2.66. The summed E-state index contributed by atoms with van der Waals surface area (Å²) in [5, 5.41) is 17.9. The van der Waals surface area contributed by atoms with Crippen LogP contribution in [0.2, 0.25) is 0 Å². The minimum atomic E-state index is -0.269. The molecule has 0 saturated carbocycles. The number of hydrogen-bond acceptors (Lipinski definition) is 5. The molecule has 0 amide bonds. The SMILES string of the molecule is Cc1nnc2c(N3CCC(C(C)O)C3)nccn12. The van der Waals surface area contributed by atoms with Crippen molar-refractivity contribution in [3.8, 4) is 0 Å². The van der Waals surface area contributed by atoms with E-state index >= 15 is 0 Å². The number of aromatic nitrogens is 4. The highest BCUT2D eigenvalue weighted by Crippen LogP contribution is 2.26. The lowest BCUT2D eigenvalue weighted by molar-refractivity contribution is 0.136. The standard InChI is InChI=1S/C12H17N5O/c1-8(18)10-3-5-16(7-10)11-12-15-14-9(2)17(12)6-4-13-11/h4,6,8,10,18H,3,5,7H2,1-2H3. The minimum Gasteiger partial charge on any atom is -0.393 e. The van der Waals surface area contributed by atoms with Crippen LogP contribution >= 0.6 is 0 Å². The number of rotatable bonds is 2. The van der Waals surface area contributed by atoms with Crippen molar-refractivity contribution in [1.82, 2.24) is 19.6 Å². The van der Waals surface area contributed by atoms with Crippen LogP contribution < -0.4 is 4.90 Å².